The molecule has 0 aliphatic carbocycles. The van der Waals surface area contributed by atoms with E-state index in [-0.39, 0.29) is 0 Å². The number of anilines is 2. The van der Waals surface area contributed by atoms with Gasteiger partial charge in [0.2, 0.25) is 0 Å². The maximum Gasteiger partial charge on any atom is 0.152 e. The van der Waals surface area contributed by atoms with Gasteiger partial charge in [0, 0.05) is 32.0 Å². The summed E-state index contributed by atoms with van der Waals surface area (Å²) in [7, 11) is 2.14. The molecule has 1 aliphatic heterocycles. The Morgan fingerprint density at radius 1 is 1.37 bits per heavy atom. The van der Waals surface area contributed by atoms with Gasteiger partial charge in [0.1, 0.15) is 0 Å². The number of nitrogens with zero attached hydrogens (tertiary/aromatic N) is 2. The molecule has 0 fully saturated rings. The van der Waals surface area contributed by atoms with Crippen molar-refractivity contribution >= 4 is 23.0 Å². The summed E-state index contributed by atoms with van der Waals surface area (Å²) in [5.74, 6) is 0. The summed E-state index contributed by atoms with van der Waals surface area (Å²) in [4.78, 5) is 6.35. The molecule has 4 heteroatoms. The van der Waals surface area contributed by atoms with Crippen molar-refractivity contribution in [2.24, 2.45) is 0 Å². The van der Waals surface area contributed by atoms with E-state index in [0.29, 0.717) is 5.15 Å². The molecule has 1 aromatic heterocycles. The van der Waals surface area contributed by atoms with E-state index in [1.165, 1.54) is 16.8 Å². The van der Waals surface area contributed by atoms with Crippen molar-refractivity contribution in [3.63, 3.8) is 0 Å². The smallest absolute Gasteiger partial charge is 0.152 e. The van der Waals surface area contributed by atoms with Gasteiger partial charge in [-0.1, -0.05) is 23.7 Å². The van der Waals surface area contributed by atoms with Crippen LogP contribution in [0.15, 0.2) is 36.5 Å². The van der Waals surface area contributed by atoms with Gasteiger partial charge in [-0.15, -0.1) is 0 Å². The third kappa shape index (κ3) is 2.51. The Morgan fingerprint density at radius 3 is 3.11 bits per heavy atom. The first-order chi connectivity index (χ1) is 9.24. The summed E-state index contributed by atoms with van der Waals surface area (Å²) < 4.78 is 0. The van der Waals surface area contributed by atoms with Crippen LogP contribution >= 0.6 is 11.6 Å². The van der Waals surface area contributed by atoms with E-state index in [4.69, 9.17) is 11.6 Å². The van der Waals surface area contributed by atoms with Crippen molar-refractivity contribution in [2.75, 3.05) is 23.8 Å². The maximum atomic E-state index is 6.02. The third-order valence-electron chi connectivity index (χ3n) is 3.51. The van der Waals surface area contributed by atoms with Crippen molar-refractivity contribution < 1.29 is 0 Å². The van der Waals surface area contributed by atoms with Crippen molar-refractivity contribution in [3.05, 3.63) is 52.8 Å². The molecule has 0 saturated heterocycles. The number of rotatable bonds is 3. The Hall–Kier alpha value is -1.74. The largest absolute Gasteiger partial charge is 0.378 e. The van der Waals surface area contributed by atoms with Crippen LogP contribution in [0.5, 0.6) is 0 Å². The van der Waals surface area contributed by atoms with E-state index in [1.54, 1.807) is 6.20 Å². The molecule has 19 heavy (non-hydrogen) atoms. The monoisotopic (exact) mass is 273 g/mol. The lowest BCUT2D eigenvalue weighted by Crippen LogP contribution is -2.12. The first kappa shape index (κ1) is 12.3. The summed E-state index contributed by atoms with van der Waals surface area (Å²) in [6.07, 6.45) is 2.83. The molecule has 0 saturated carbocycles. The van der Waals surface area contributed by atoms with Crippen molar-refractivity contribution in [1.29, 1.82) is 0 Å². The summed E-state index contributed by atoms with van der Waals surface area (Å²) in [5, 5.41) is 3.84. The highest BCUT2D eigenvalue weighted by molar-refractivity contribution is 6.31. The first-order valence-corrected chi connectivity index (χ1v) is 6.79. The number of hydrogen-bond acceptors (Lipinski definition) is 3. The molecule has 98 valence electrons. The summed E-state index contributed by atoms with van der Waals surface area (Å²) in [6.45, 7) is 1.88. The van der Waals surface area contributed by atoms with Crippen LogP contribution in [0.25, 0.3) is 0 Å². The highest BCUT2D eigenvalue weighted by Crippen LogP contribution is 2.27. The van der Waals surface area contributed by atoms with E-state index in [9.17, 15) is 0 Å². The predicted octanol–water partition coefficient (Wildman–Crippen LogP) is 3.34. The van der Waals surface area contributed by atoms with Gasteiger partial charge in [0.25, 0.3) is 0 Å². The SMILES string of the molecule is CN1CCc2cc(CNc3cccnc3Cl)ccc21. The third-order valence-corrected chi connectivity index (χ3v) is 3.81. The van der Waals surface area contributed by atoms with Gasteiger partial charge in [0.05, 0.1) is 5.69 Å². The van der Waals surface area contributed by atoms with Crippen LogP contribution in [0.4, 0.5) is 11.4 Å². The standard InChI is InChI=1S/C15H16ClN3/c1-19-8-6-12-9-11(4-5-14(12)19)10-18-13-3-2-7-17-15(13)16/h2-5,7,9,18H,6,8,10H2,1H3. The summed E-state index contributed by atoms with van der Waals surface area (Å²) in [5.41, 5.74) is 4.93. The van der Waals surface area contributed by atoms with Gasteiger partial charge in [-0.05, 0) is 35.7 Å². The second-order valence-corrected chi connectivity index (χ2v) is 5.19. The second kappa shape index (κ2) is 5.10. The van der Waals surface area contributed by atoms with Crippen molar-refractivity contribution in [2.45, 2.75) is 13.0 Å². The Balaban J connectivity index is 1.73. The van der Waals surface area contributed by atoms with Crippen LogP contribution < -0.4 is 10.2 Å². The molecule has 1 N–H and O–H groups in total. The Bertz CT molecular complexity index is 598. The van der Waals surface area contributed by atoms with Gasteiger partial charge >= 0.3 is 0 Å². The van der Waals surface area contributed by atoms with Crippen molar-refractivity contribution in [3.8, 4) is 0 Å². The average molecular weight is 274 g/mol. The number of benzene rings is 1. The molecule has 0 radical (unpaired) electrons. The predicted molar refractivity (Wildman–Crippen MR) is 80.0 cm³/mol. The zero-order valence-electron chi connectivity index (χ0n) is 10.9. The molecule has 0 atom stereocenters. The number of likely N-dealkylation sites (N-methyl/N-ethyl adjacent to an activating group) is 1. The van der Waals surface area contributed by atoms with Crippen LogP contribution in [-0.2, 0) is 13.0 Å². The summed E-state index contributed by atoms with van der Waals surface area (Å²) in [6, 6.07) is 10.5. The molecule has 0 unspecified atom stereocenters. The van der Waals surface area contributed by atoms with Crippen LogP contribution in [0.1, 0.15) is 11.1 Å². The fourth-order valence-corrected chi connectivity index (χ4v) is 2.63. The second-order valence-electron chi connectivity index (χ2n) is 4.83. The zero-order valence-corrected chi connectivity index (χ0v) is 11.6. The first-order valence-electron chi connectivity index (χ1n) is 6.41. The number of halogens is 1. The molecule has 1 aromatic carbocycles. The minimum atomic E-state index is 0.517. The van der Waals surface area contributed by atoms with E-state index in [2.05, 4.69) is 40.4 Å². The Morgan fingerprint density at radius 2 is 2.26 bits per heavy atom. The van der Waals surface area contributed by atoms with Crippen LogP contribution in [0.2, 0.25) is 5.15 Å². The molecule has 0 bridgehead atoms. The minimum absolute atomic E-state index is 0.517. The van der Waals surface area contributed by atoms with E-state index in [0.717, 1.165) is 25.2 Å². The lowest BCUT2D eigenvalue weighted by molar-refractivity contribution is 0.955. The van der Waals surface area contributed by atoms with E-state index < -0.39 is 0 Å². The van der Waals surface area contributed by atoms with Gasteiger partial charge < -0.3 is 10.2 Å². The normalized spacial score (nSPS) is 13.5. The van der Waals surface area contributed by atoms with Crippen LogP contribution in [0.3, 0.4) is 0 Å². The highest BCUT2D eigenvalue weighted by atomic mass is 35.5. The number of nitrogens with one attached hydrogen (secondary N) is 1. The number of fused-ring (bicyclic) bond motifs is 1. The number of hydrogen-bond donors (Lipinski definition) is 1. The van der Waals surface area contributed by atoms with Crippen LogP contribution in [0, 0.1) is 0 Å². The molecular weight excluding hydrogens is 258 g/mol. The molecule has 3 nitrogen and oxygen atoms in total. The van der Waals surface area contributed by atoms with Gasteiger partial charge in [-0.25, -0.2) is 4.98 Å². The van der Waals surface area contributed by atoms with Gasteiger partial charge in [-0.2, -0.15) is 0 Å². The molecule has 1 aliphatic rings. The quantitative estimate of drug-likeness (QED) is 0.870. The zero-order chi connectivity index (χ0) is 13.2. The summed E-state index contributed by atoms with van der Waals surface area (Å²) >= 11 is 6.02. The van der Waals surface area contributed by atoms with E-state index >= 15 is 0 Å². The molecule has 0 spiro atoms. The molecule has 2 aromatic rings. The fraction of sp³-hybridized carbons (Fsp3) is 0.267. The average Bonchev–Trinajstić information content (AvgIpc) is 2.79. The Kier molecular flexibility index (Phi) is 3.30. The Labute approximate surface area is 118 Å². The minimum Gasteiger partial charge on any atom is -0.378 e. The lowest BCUT2D eigenvalue weighted by atomic mass is 10.1. The lowest BCUT2D eigenvalue weighted by Gasteiger charge is -2.13. The highest BCUT2D eigenvalue weighted by Gasteiger charge is 2.15. The topological polar surface area (TPSA) is 28.2 Å². The number of pyridine rings is 1. The van der Waals surface area contributed by atoms with E-state index in [1.807, 2.05) is 12.1 Å². The molecule has 3 rings (SSSR count). The molecule has 0 amide bonds. The van der Waals surface area contributed by atoms with Gasteiger partial charge in [0.15, 0.2) is 5.15 Å². The van der Waals surface area contributed by atoms with Crippen molar-refractivity contribution in [1.82, 2.24) is 4.98 Å². The molecular formula is C15H16ClN3. The van der Waals surface area contributed by atoms with Crippen LogP contribution in [-0.4, -0.2) is 18.6 Å². The van der Waals surface area contributed by atoms with Gasteiger partial charge in [-0.3, -0.25) is 0 Å². The fourth-order valence-electron chi connectivity index (χ4n) is 2.45. The molecule has 2 heterocycles. The number of aromatic nitrogens is 1. The maximum absolute atomic E-state index is 6.02.